The number of carbonyl (C=O) groups is 1. The molecular formula is C20H17N5O3. The maximum Gasteiger partial charge on any atom is 0.417 e. The first kappa shape index (κ1) is 17.5. The lowest BCUT2D eigenvalue weighted by molar-refractivity contribution is 0.146. The minimum atomic E-state index is -0.620. The number of nitrogens with one attached hydrogen (secondary N) is 2. The van der Waals surface area contributed by atoms with Gasteiger partial charge in [-0.2, -0.15) is 4.98 Å². The fraction of sp³-hybridized carbons (Fsp3) is 0.100. The fourth-order valence-corrected chi connectivity index (χ4v) is 2.75. The molecule has 0 spiro atoms. The Balaban J connectivity index is 1.64. The maximum atomic E-state index is 12.8. The highest BCUT2D eigenvalue weighted by molar-refractivity contribution is 5.86. The van der Waals surface area contributed by atoms with E-state index >= 15 is 0 Å². The van der Waals surface area contributed by atoms with Gasteiger partial charge in [-0.15, -0.1) is 0 Å². The molecule has 0 aliphatic rings. The summed E-state index contributed by atoms with van der Waals surface area (Å²) in [6.45, 7) is 0.299. The minimum Gasteiger partial charge on any atom is -0.444 e. The van der Waals surface area contributed by atoms with Crippen molar-refractivity contribution in [1.82, 2.24) is 19.9 Å². The second-order valence-electron chi connectivity index (χ2n) is 6.10. The van der Waals surface area contributed by atoms with Gasteiger partial charge in [0.2, 0.25) is 5.95 Å². The van der Waals surface area contributed by atoms with Crippen LogP contribution in [0.4, 0.5) is 10.7 Å². The van der Waals surface area contributed by atoms with Gasteiger partial charge < -0.3 is 9.72 Å². The summed E-state index contributed by atoms with van der Waals surface area (Å²) in [4.78, 5) is 40.0. The number of fused-ring (bicyclic) bond motifs is 1. The lowest BCUT2D eigenvalue weighted by Crippen LogP contribution is -2.34. The first-order chi connectivity index (χ1) is 13.7. The molecule has 140 valence electrons. The number of hydrogen-bond acceptors (Lipinski definition) is 5. The molecule has 0 aliphatic carbocycles. The van der Waals surface area contributed by atoms with Crippen LogP contribution in [-0.4, -0.2) is 26.0 Å². The van der Waals surface area contributed by atoms with Crippen molar-refractivity contribution in [3.63, 3.8) is 0 Å². The molecule has 0 fully saturated rings. The van der Waals surface area contributed by atoms with Crippen LogP contribution in [0.3, 0.4) is 0 Å². The van der Waals surface area contributed by atoms with Crippen molar-refractivity contribution in [2.45, 2.75) is 13.2 Å². The molecule has 0 unspecified atom stereocenters. The van der Waals surface area contributed by atoms with E-state index in [4.69, 9.17) is 4.74 Å². The summed E-state index contributed by atoms with van der Waals surface area (Å²) in [6, 6.07) is 18.7. The normalized spacial score (nSPS) is 10.7. The van der Waals surface area contributed by atoms with Gasteiger partial charge in [0.15, 0.2) is 11.2 Å². The molecule has 4 rings (SSSR count). The van der Waals surface area contributed by atoms with E-state index in [9.17, 15) is 9.59 Å². The van der Waals surface area contributed by atoms with Crippen molar-refractivity contribution in [2.75, 3.05) is 4.90 Å². The number of imidazole rings is 1. The molecule has 2 N–H and O–H groups in total. The smallest absolute Gasteiger partial charge is 0.417 e. The molecule has 1 amide bonds. The Morgan fingerprint density at radius 3 is 2.39 bits per heavy atom. The van der Waals surface area contributed by atoms with Crippen molar-refractivity contribution >= 4 is 23.2 Å². The molecule has 0 radical (unpaired) electrons. The number of aromatic amines is 2. The van der Waals surface area contributed by atoms with Crippen molar-refractivity contribution in [2.24, 2.45) is 0 Å². The first-order valence-corrected chi connectivity index (χ1v) is 8.66. The lowest BCUT2D eigenvalue weighted by atomic mass is 10.2. The van der Waals surface area contributed by atoms with Gasteiger partial charge in [-0.25, -0.2) is 14.7 Å². The Morgan fingerprint density at radius 2 is 1.68 bits per heavy atom. The monoisotopic (exact) mass is 375 g/mol. The van der Waals surface area contributed by atoms with Gasteiger partial charge in [-0.1, -0.05) is 60.7 Å². The van der Waals surface area contributed by atoms with Crippen LogP contribution in [-0.2, 0) is 17.9 Å². The van der Waals surface area contributed by atoms with Crippen molar-refractivity contribution < 1.29 is 9.53 Å². The SMILES string of the molecule is O=C(OCc1ccccc1)N(Cc1ccccc1)c1nc2nc[nH]c2c(=O)[nH]1. The van der Waals surface area contributed by atoms with Crippen molar-refractivity contribution in [3.05, 3.63) is 88.5 Å². The van der Waals surface area contributed by atoms with Gasteiger partial charge >= 0.3 is 6.09 Å². The molecule has 8 nitrogen and oxygen atoms in total. The van der Waals surface area contributed by atoms with E-state index in [0.29, 0.717) is 0 Å². The van der Waals surface area contributed by atoms with E-state index in [0.717, 1.165) is 11.1 Å². The highest BCUT2D eigenvalue weighted by atomic mass is 16.6. The van der Waals surface area contributed by atoms with Crippen LogP contribution in [0.5, 0.6) is 0 Å². The first-order valence-electron chi connectivity index (χ1n) is 8.66. The van der Waals surface area contributed by atoms with Crippen LogP contribution in [0.2, 0.25) is 0 Å². The second-order valence-corrected chi connectivity index (χ2v) is 6.10. The molecule has 0 saturated carbocycles. The van der Waals surface area contributed by atoms with Crippen LogP contribution in [0.25, 0.3) is 11.2 Å². The summed E-state index contributed by atoms with van der Waals surface area (Å²) in [7, 11) is 0. The number of benzene rings is 2. The quantitative estimate of drug-likeness (QED) is 0.558. The van der Waals surface area contributed by atoms with Crippen molar-refractivity contribution in [3.8, 4) is 0 Å². The van der Waals surface area contributed by atoms with Gasteiger partial charge in [0.1, 0.15) is 6.61 Å². The maximum absolute atomic E-state index is 12.8. The van der Waals surface area contributed by atoms with Gasteiger partial charge in [0.05, 0.1) is 12.9 Å². The summed E-state index contributed by atoms with van der Waals surface area (Å²) >= 11 is 0. The lowest BCUT2D eigenvalue weighted by Gasteiger charge is -2.20. The number of aromatic nitrogens is 4. The van der Waals surface area contributed by atoms with E-state index in [1.807, 2.05) is 60.7 Å². The van der Waals surface area contributed by atoms with E-state index in [-0.39, 0.29) is 30.3 Å². The molecule has 0 saturated heterocycles. The molecular weight excluding hydrogens is 358 g/mol. The zero-order valence-electron chi connectivity index (χ0n) is 14.8. The summed E-state index contributed by atoms with van der Waals surface area (Å²) in [5.41, 5.74) is 1.80. The van der Waals surface area contributed by atoms with E-state index in [2.05, 4.69) is 19.9 Å². The molecule has 2 aromatic heterocycles. The van der Waals surface area contributed by atoms with E-state index in [1.165, 1.54) is 11.2 Å². The highest BCUT2D eigenvalue weighted by Gasteiger charge is 2.22. The summed E-state index contributed by atoms with van der Waals surface area (Å²) < 4.78 is 5.45. The minimum absolute atomic E-state index is 0.0755. The standard InChI is InChI=1S/C20H17N5O3/c26-18-16-17(22-13-21-16)23-19(24-18)25(11-14-7-3-1-4-8-14)20(27)28-12-15-9-5-2-6-10-15/h1-10,13H,11-12H2,(H2,21,22,23,24,26). The Kier molecular flexibility index (Phi) is 4.83. The third-order valence-corrected chi connectivity index (χ3v) is 4.15. The van der Waals surface area contributed by atoms with E-state index in [1.54, 1.807) is 0 Å². The van der Waals surface area contributed by atoms with Crippen LogP contribution < -0.4 is 10.5 Å². The topological polar surface area (TPSA) is 104 Å². The zero-order valence-corrected chi connectivity index (χ0v) is 14.8. The predicted molar refractivity (Wildman–Crippen MR) is 104 cm³/mol. The number of anilines is 1. The Morgan fingerprint density at radius 1 is 1.00 bits per heavy atom. The predicted octanol–water partition coefficient (Wildman–Crippen LogP) is 2.99. The Hall–Kier alpha value is -3.94. The van der Waals surface area contributed by atoms with Gasteiger partial charge in [-0.05, 0) is 11.1 Å². The third-order valence-electron chi connectivity index (χ3n) is 4.15. The van der Waals surface area contributed by atoms with Gasteiger partial charge in [0.25, 0.3) is 5.56 Å². The van der Waals surface area contributed by atoms with Crippen molar-refractivity contribution in [1.29, 1.82) is 0 Å². The molecule has 28 heavy (non-hydrogen) atoms. The zero-order chi connectivity index (χ0) is 19.3. The second kappa shape index (κ2) is 7.75. The molecule has 2 aromatic carbocycles. The number of hydrogen-bond donors (Lipinski definition) is 2. The van der Waals surface area contributed by atoms with Crippen LogP contribution in [0.15, 0.2) is 71.8 Å². The van der Waals surface area contributed by atoms with Gasteiger partial charge in [0, 0.05) is 0 Å². The molecule has 8 heteroatoms. The third kappa shape index (κ3) is 3.75. The number of carbonyl (C=O) groups excluding carboxylic acids is 1. The highest BCUT2D eigenvalue weighted by Crippen LogP contribution is 2.15. The Bertz CT molecular complexity index is 1140. The summed E-state index contributed by atoms with van der Waals surface area (Å²) in [5.74, 6) is 0.0755. The number of ether oxygens (including phenoxy) is 1. The molecule has 4 aromatic rings. The largest absolute Gasteiger partial charge is 0.444 e. The number of H-pyrrole nitrogens is 2. The Labute approximate surface area is 159 Å². The summed E-state index contributed by atoms with van der Waals surface area (Å²) in [5, 5.41) is 0. The van der Waals surface area contributed by atoms with E-state index < -0.39 is 11.7 Å². The number of rotatable bonds is 5. The average Bonchev–Trinajstić information content (AvgIpc) is 3.21. The molecule has 0 atom stereocenters. The fourth-order valence-electron chi connectivity index (χ4n) is 2.75. The number of amides is 1. The van der Waals surface area contributed by atoms with Crippen LogP contribution >= 0.6 is 0 Å². The molecule has 2 heterocycles. The average molecular weight is 375 g/mol. The molecule has 0 aliphatic heterocycles. The van der Waals surface area contributed by atoms with Crippen LogP contribution in [0.1, 0.15) is 11.1 Å². The molecule has 0 bridgehead atoms. The van der Waals surface area contributed by atoms with Gasteiger partial charge in [-0.3, -0.25) is 9.78 Å². The summed E-state index contributed by atoms with van der Waals surface area (Å²) in [6.07, 6.45) is 0.761. The van der Waals surface area contributed by atoms with Crippen LogP contribution in [0, 0.1) is 0 Å². The number of nitrogens with zero attached hydrogens (tertiary/aromatic N) is 3.